The van der Waals surface area contributed by atoms with Gasteiger partial charge in [-0.05, 0) is 43.0 Å². The normalized spacial score (nSPS) is 28.3. The lowest BCUT2D eigenvalue weighted by Gasteiger charge is -2.52. The molecule has 1 aliphatic heterocycles. The highest BCUT2D eigenvalue weighted by Crippen LogP contribution is 2.54. The minimum atomic E-state index is -0.684. The number of rotatable bonds is 2. The maximum absolute atomic E-state index is 13.7. The number of amides is 2. The lowest BCUT2D eigenvalue weighted by atomic mass is 9.56. The van der Waals surface area contributed by atoms with Gasteiger partial charge in [0.05, 0.1) is 11.1 Å². The fraction of sp³-hybridized carbons (Fsp3) is 0.333. The van der Waals surface area contributed by atoms with Gasteiger partial charge in [0.25, 0.3) is 0 Å². The van der Waals surface area contributed by atoms with Gasteiger partial charge >= 0.3 is 0 Å². The van der Waals surface area contributed by atoms with E-state index in [1.54, 1.807) is 18.2 Å². The summed E-state index contributed by atoms with van der Waals surface area (Å²) in [5.74, 6) is -0.337. The molecule has 0 N–H and O–H groups in total. The Morgan fingerprint density at radius 2 is 1.58 bits per heavy atom. The molecule has 4 rings (SSSR count). The molecule has 0 radical (unpaired) electrons. The number of piperidine rings is 1. The third-order valence-corrected chi connectivity index (χ3v) is 6.22. The molecule has 1 aliphatic carbocycles. The second-order valence-corrected chi connectivity index (χ2v) is 8.49. The zero-order valence-corrected chi connectivity index (χ0v) is 16.0. The fourth-order valence-electron chi connectivity index (χ4n) is 4.59. The molecule has 1 saturated carbocycles. The van der Waals surface area contributed by atoms with E-state index in [1.807, 2.05) is 37.3 Å². The maximum Gasteiger partial charge on any atom is 0.244 e. The first kappa shape index (κ1) is 17.6. The molecule has 134 valence electrons. The third-order valence-electron chi connectivity index (χ3n) is 5.79. The lowest BCUT2D eigenvalue weighted by Crippen LogP contribution is -2.63. The standard InChI is InChI=1S/C21H19Cl2NO2/c1-20-8-5-9-21(13-20,14-6-3-2-4-7-14)19(26)24(18(20)25)17-11-15(22)10-16(23)12-17/h2-4,6-7,10-12H,5,8-9,13H2,1H3. The van der Waals surface area contributed by atoms with Gasteiger partial charge in [-0.15, -0.1) is 0 Å². The van der Waals surface area contributed by atoms with Gasteiger partial charge in [0.2, 0.25) is 11.8 Å². The van der Waals surface area contributed by atoms with Crippen molar-refractivity contribution in [2.24, 2.45) is 5.41 Å². The highest BCUT2D eigenvalue weighted by molar-refractivity contribution is 6.35. The molecule has 2 atom stereocenters. The topological polar surface area (TPSA) is 37.4 Å². The lowest BCUT2D eigenvalue weighted by molar-refractivity contribution is -0.145. The van der Waals surface area contributed by atoms with Gasteiger partial charge in [-0.25, -0.2) is 4.90 Å². The molecular weight excluding hydrogens is 369 g/mol. The van der Waals surface area contributed by atoms with Crippen LogP contribution in [0.4, 0.5) is 5.69 Å². The molecule has 2 aromatic carbocycles. The summed E-state index contributed by atoms with van der Waals surface area (Å²) in [6.07, 6.45) is 2.92. The number of nitrogens with zero attached hydrogens (tertiary/aromatic N) is 1. The minimum absolute atomic E-state index is 0.160. The summed E-state index contributed by atoms with van der Waals surface area (Å²) >= 11 is 12.3. The first-order valence-electron chi connectivity index (χ1n) is 8.76. The van der Waals surface area contributed by atoms with Crippen LogP contribution >= 0.6 is 23.2 Å². The van der Waals surface area contributed by atoms with Crippen LogP contribution in [0.3, 0.4) is 0 Å². The number of halogens is 2. The van der Waals surface area contributed by atoms with Gasteiger partial charge in [-0.1, -0.05) is 66.9 Å². The highest BCUT2D eigenvalue weighted by Gasteiger charge is 2.59. The maximum atomic E-state index is 13.7. The summed E-state index contributed by atoms with van der Waals surface area (Å²) in [5.41, 5.74) is 0.167. The van der Waals surface area contributed by atoms with Crippen LogP contribution < -0.4 is 4.90 Å². The molecule has 2 unspecified atom stereocenters. The summed E-state index contributed by atoms with van der Waals surface area (Å²) < 4.78 is 0. The Morgan fingerprint density at radius 1 is 0.923 bits per heavy atom. The fourth-order valence-corrected chi connectivity index (χ4v) is 5.11. The molecule has 2 aromatic rings. The van der Waals surface area contributed by atoms with Crippen LogP contribution in [0.5, 0.6) is 0 Å². The van der Waals surface area contributed by atoms with Crippen LogP contribution in [0, 0.1) is 5.41 Å². The van der Waals surface area contributed by atoms with Crippen molar-refractivity contribution in [3.8, 4) is 0 Å². The number of anilines is 1. The molecule has 26 heavy (non-hydrogen) atoms. The van der Waals surface area contributed by atoms with Crippen molar-refractivity contribution in [1.29, 1.82) is 0 Å². The van der Waals surface area contributed by atoms with E-state index in [-0.39, 0.29) is 11.8 Å². The summed E-state index contributed by atoms with van der Waals surface area (Å²) in [6.45, 7) is 1.97. The Bertz CT molecular complexity index is 878. The van der Waals surface area contributed by atoms with Crippen LogP contribution in [0.25, 0.3) is 0 Å². The SMILES string of the molecule is CC12CCCC(c3ccccc3)(C1)C(=O)N(c1cc(Cl)cc(Cl)c1)C2=O. The molecule has 0 spiro atoms. The van der Waals surface area contributed by atoms with Gasteiger partial charge in [-0.2, -0.15) is 0 Å². The van der Waals surface area contributed by atoms with Gasteiger partial charge < -0.3 is 0 Å². The summed E-state index contributed by atoms with van der Waals surface area (Å²) in [4.78, 5) is 28.2. The molecule has 2 amide bonds. The van der Waals surface area contributed by atoms with E-state index in [1.165, 1.54) is 4.90 Å². The van der Waals surface area contributed by atoms with E-state index in [4.69, 9.17) is 23.2 Å². The van der Waals surface area contributed by atoms with Gasteiger partial charge in [0, 0.05) is 15.5 Å². The predicted molar refractivity (Wildman–Crippen MR) is 104 cm³/mol. The van der Waals surface area contributed by atoms with Crippen LogP contribution in [-0.4, -0.2) is 11.8 Å². The van der Waals surface area contributed by atoms with Gasteiger partial charge in [0.1, 0.15) is 0 Å². The third kappa shape index (κ3) is 2.57. The Labute approximate surface area is 162 Å². The second-order valence-electron chi connectivity index (χ2n) is 7.61. The molecule has 1 heterocycles. The molecule has 2 bridgehead atoms. The van der Waals surface area contributed by atoms with E-state index in [0.717, 1.165) is 24.8 Å². The van der Waals surface area contributed by atoms with E-state index >= 15 is 0 Å². The Hall–Kier alpha value is -1.84. The molecule has 0 aromatic heterocycles. The Morgan fingerprint density at radius 3 is 2.23 bits per heavy atom. The number of carbonyl (C=O) groups is 2. The predicted octanol–water partition coefficient (Wildman–Crippen LogP) is 5.38. The van der Waals surface area contributed by atoms with E-state index in [0.29, 0.717) is 22.2 Å². The van der Waals surface area contributed by atoms with Crippen molar-refractivity contribution in [3.63, 3.8) is 0 Å². The molecule has 2 fully saturated rings. The molecule has 5 heteroatoms. The highest BCUT2D eigenvalue weighted by atomic mass is 35.5. The van der Waals surface area contributed by atoms with Crippen molar-refractivity contribution in [1.82, 2.24) is 0 Å². The number of hydrogen-bond donors (Lipinski definition) is 0. The van der Waals surface area contributed by atoms with Crippen LogP contribution in [-0.2, 0) is 15.0 Å². The molecule has 3 nitrogen and oxygen atoms in total. The molecular formula is C21H19Cl2NO2. The summed E-state index contributed by atoms with van der Waals surface area (Å²) in [7, 11) is 0. The van der Waals surface area contributed by atoms with Crippen molar-refractivity contribution < 1.29 is 9.59 Å². The van der Waals surface area contributed by atoms with Gasteiger partial charge in [0.15, 0.2) is 0 Å². The molecule has 1 saturated heterocycles. The Kier molecular flexibility index (Phi) is 4.13. The number of fused-ring (bicyclic) bond motifs is 2. The van der Waals surface area contributed by atoms with Crippen molar-refractivity contribution in [3.05, 3.63) is 64.1 Å². The summed E-state index contributed by atoms with van der Waals surface area (Å²) in [6, 6.07) is 14.7. The average molecular weight is 388 g/mol. The number of benzene rings is 2. The van der Waals surface area contributed by atoms with Crippen LogP contribution in [0.15, 0.2) is 48.5 Å². The second kappa shape index (κ2) is 6.11. The van der Waals surface area contributed by atoms with Crippen molar-refractivity contribution >= 4 is 40.7 Å². The average Bonchev–Trinajstić information content (AvgIpc) is 2.61. The zero-order valence-electron chi connectivity index (χ0n) is 14.5. The van der Waals surface area contributed by atoms with E-state index < -0.39 is 10.8 Å². The van der Waals surface area contributed by atoms with Gasteiger partial charge in [-0.3, -0.25) is 9.59 Å². The minimum Gasteiger partial charge on any atom is -0.273 e. The smallest absolute Gasteiger partial charge is 0.244 e. The van der Waals surface area contributed by atoms with Crippen LogP contribution in [0.2, 0.25) is 10.0 Å². The van der Waals surface area contributed by atoms with Crippen molar-refractivity contribution in [2.75, 3.05) is 4.90 Å². The van der Waals surface area contributed by atoms with Crippen LogP contribution in [0.1, 0.15) is 38.2 Å². The van der Waals surface area contributed by atoms with Crippen molar-refractivity contribution in [2.45, 2.75) is 38.0 Å². The first-order chi connectivity index (χ1) is 12.4. The summed E-state index contributed by atoms with van der Waals surface area (Å²) in [5, 5.41) is 0.811. The monoisotopic (exact) mass is 387 g/mol. The molecule has 2 aliphatic rings. The zero-order chi connectivity index (χ0) is 18.5. The number of imide groups is 1. The number of carbonyl (C=O) groups excluding carboxylic acids is 2. The number of hydrogen-bond acceptors (Lipinski definition) is 2. The van der Waals surface area contributed by atoms with E-state index in [2.05, 4.69) is 0 Å². The largest absolute Gasteiger partial charge is 0.273 e. The Balaban J connectivity index is 1.90. The quantitative estimate of drug-likeness (QED) is 0.648. The first-order valence-corrected chi connectivity index (χ1v) is 9.52. The van der Waals surface area contributed by atoms with E-state index in [9.17, 15) is 9.59 Å².